The van der Waals surface area contributed by atoms with E-state index in [4.69, 9.17) is 4.74 Å². The zero-order chi connectivity index (χ0) is 15.5. The first kappa shape index (κ1) is 14.9. The van der Waals surface area contributed by atoms with E-state index in [-0.39, 0.29) is 17.9 Å². The monoisotopic (exact) mass is 302 g/mol. The van der Waals surface area contributed by atoms with E-state index in [9.17, 15) is 9.59 Å². The number of benzene rings is 1. The van der Waals surface area contributed by atoms with Crippen LogP contribution in [0.25, 0.3) is 0 Å². The molecule has 1 aliphatic heterocycles. The third kappa shape index (κ3) is 3.08. The number of carbonyl (C=O) groups excluding carboxylic acids is 2. The van der Waals surface area contributed by atoms with Crippen LogP contribution in [-0.2, 0) is 4.79 Å². The minimum absolute atomic E-state index is 0.0147. The smallest absolute Gasteiger partial charge is 0.252 e. The molecule has 0 aromatic heterocycles. The van der Waals surface area contributed by atoms with Gasteiger partial charge in [0, 0.05) is 11.6 Å². The topological polar surface area (TPSA) is 67.4 Å². The van der Waals surface area contributed by atoms with Gasteiger partial charge in [0.1, 0.15) is 5.75 Å². The van der Waals surface area contributed by atoms with Gasteiger partial charge in [-0.1, -0.05) is 25.3 Å². The van der Waals surface area contributed by atoms with E-state index in [1.54, 1.807) is 13.2 Å². The molecule has 0 spiro atoms. The molecule has 1 aromatic rings. The van der Waals surface area contributed by atoms with Crippen molar-refractivity contribution in [2.45, 2.75) is 50.6 Å². The molecule has 1 saturated carbocycles. The molecule has 1 heterocycles. The first-order valence-electron chi connectivity index (χ1n) is 7.95. The van der Waals surface area contributed by atoms with Crippen LogP contribution in [-0.4, -0.2) is 25.0 Å². The Balaban J connectivity index is 1.64. The second-order valence-corrected chi connectivity index (χ2v) is 6.09. The van der Waals surface area contributed by atoms with Crippen LogP contribution >= 0.6 is 0 Å². The largest absolute Gasteiger partial charge is 0.497 e. The lowest BCUT2D eigenvalue weighted by Gasteiger charge is -2.23. The molecule has 22 heavy (non-hydrogen) atoms. The summed E-state index contributed by atoms with van der Waals surface area (Å²) < 4.78 is 5.15. The molecule has 5 nitrogen and oxygen atoms in total. The van der Waals surface area contributed by atoms with Crippen molar-refractivity contribution in [3.05, 3.63) is 29.3 Å². The Labute approximate surface area is 130 Å². The number of hydrogen-bond donors (Lipinski definition) is 2. The third-order valence-electron chi connectivity index (χ3n) is 4.55. The number of hydrogen-bond acceptors (Lipinski definition) is 3. The summed E-state index contributed by atoms with van der Waals surface area (Å²) in [6, 6.07) is 5.48. The number of amides is 2. The number of carbonyl (C=O) groups is 2. The van der Waals surface area contributed by atoms with Crippen molar-refractivity contribution < 1.29 is 14.3 Å². The molecule has 2 amide bonds. The maximum atomic E-state index is 12.2. The molecule has 5 heteroatoms. The lowest BCUT2D eigenvalue weighted by Crippen LogP contribution is -2.37. The average Bonchev–Trinajstić information content (AvgIpc) is 2.83. The van der Waals surface area contributed by atoms with Gasteiger partial charge in [-0.3, -0.25) is 9.59 Å². The maximum absolute atomic E-state index is 12.2. The van der Waals surface area contributed by atoms with Crippen molar-refractivity contribution in [2.24, 2.45) is 0 Å². The number of fused-ring (bicyclic) bond motifs is 1. The van der Waals surface area contributed by atoms with Crippen LogP contribution in [0, 0.1) is 0 Å². The summed E-state index contributed by atoms with van der Waals surface area (Å²) in [6.45, 7) is 0. The van der Waals surface area contributed by atoms with Crippen molar-refractivity contribution in [3.63, 3.8) is 0 Å². The van der Waals surface area contributed by atoms with E-state index < -0.39 is 0 Å². The van der Waals surface area contributed by atoms with Gasteiger partial charge in [-0.25, -0.2) is 0 Å². The number of nitrogens with one attached hydrogen (secondary N) is 2. The van der Waals surface area contributed by atoms with Crippen molar-refractivity contribution in [1.29, 1.82) is 0 Å². The Hall–Kier alpha value is -2.04. The van der Waals surface area contributed by atoms with Gasteiger partial charge in [0.15, 0.2) is 0 Å². The van der Waals surface area contributed by atoms with Gasteiger partial charge < -0.3 is 15.4 Å². The van der Waals surface area contributed by atoms with E-state index in [0.29, 0.717) is 23.8 Å². The lowest BCUT2D eigenvalue weighted by molar-refractivity contribution is -0.122. The quantitative estimate of drug-likeness (QED) is 0.897. The zero-order valence-corrected chi connectivity index (χ0v) is 12.9. The van der Waals surface area contributed by atoms with Gasteiger partial charge in [0.25, 0.3) is 5.91 Å². The fourth-order valence-electron chi connectivity index (χ4n) is 3.36. The fourth-order valence-corrected chi connectivity index (χ4v) is 3.36. The minimum Gasteiger partial charge on any atom is -0.497 e. The summed E-state index contributed by atoms with van der Waals surface area (Å²) in [5.41, 5.74) is 1.49. The fraction of sp³-hybridized carbons (Fsp3) is 0.529. The summed E-state index contributed by atoms with van der Waals surface area (Å²) >= 11 is 0. The normalized spacial score (nSPS) is 21.1. The van der Waals surface area contributed by atoms with E-state index in [0.717, 1.165) is 18.4 Å². The van der Waals surface area contributed by atoms with Crippen molar-refractivity contribution in [1.82, 2.24) is 10.6 Å². The van der Waals surface area contributed by atoms with Crippen LogP contribution in [0.15, 0.2) is 18.2 Å². The molecule has 118 valence electrons. The van der Waals surface area contributed by atoms with Crippen molar-refractivity contribution in [2.75, 3.05) is 7.11 Å². The second-order valence-electron chi connectivity index (χ2n) is 6.09. The SMILES string of the molecule is COc1ccc2c(c1)C(=O)NC2CC(=O)NC1CCCCC1. The standard InChI is InChI=1S/C17H22N2O3/c1-22-12-7-8-13-14(9-12)17(21)19-15(13)10-16(20)18-11-5-3-2-4-6-11/h7-9,11,15H,2-6,10H2,1H3,(H,18,20)(H,19,21). The van der Waals surface area contributed by atoms with Gasteiger partial charge in [0.05, 0.1) is 19.6 Å². The Bertz CT molecular complexity index is 579. The van der Waals surface area contributed by atoms with Crippen LogP contribution in [0.2, 0.25) is 0 Å². The highest BCUT2D eigenvalue weighted by molar-refractivity contribution is 6.00. The van der Waals surface area contributed by atoms with E-state index in [1.165, 1.54) is 19.3 Å². The zero-order valence-electron chi connectivity index (χ0n) is 12.9. The van der Waals surface area contributed by atoms with Crippen LogP contribution in [0.4, 0.5) is 0 Å². The van der Waals surface area contributed by atoms with E-state index in [2.05, 4.69) is 10.6 Å². The molecule has 2 N–H and O–H groups in total. The first-order chi connectivity index (χ1) is 10.7. The van der Waals surface area contributed by atoms with Gasteiger partial charge >= 0.3 is 0 Å². The van der Waals surface area contributed by atoms with E-state index in [1.807, 2.05) is 12.1 Å². The molecule has 1 fully saturated rings. The minimum atomic E-state index is -0.239. The van der Waals surface area contributed by atoms with Crippen molar-refractivity contribution >= 4 is 11.8 Å². The Morgan fingerprint density at radius 3 is 2.82 bits per heavy atom. The molecular weight excluding hydrogens is 280 g/mol. The van der Waals surface area contributed by atoms with Gasteiger partial charge in [-0.05, 0) is 30.5 Å². The van der Waals surface area contributed by atoms with E-state index >= 15 is 0 Å². The second kappa shape index (κ2) is 6.38. The first-order valence-corrected chi connectivity index (χ1v) is 7.95. The highest BCUT2D eigenvalue weighted by Gasteiger charge is 2.31. The van der Waals surface area contributed by atoms with Crippen LogP contribution < -0.4 is 15.4 Å². The molecule has 2 aliphatic rings. The third-order valence-corrected chi connectivity index (χ3v) is 4.55. The van der Waals surface area contributed by atoms with Gasteiger partial charge in [0.2, 0.25) is 5.91 Å². The molecule has 0 saturated heterocycles. The van der Waals surface area contributed by atoms with Gasteiger partial charge in [-0.2, -0.15) is 0 Å². The van der Waals surface area contributed by atoms with Crippen LogP contribution in [0.3, 0.4) is 0 Å². The Morgan fingerprint density at radius 1 is 1.32 bits per heavy atom. The lowest BCUT2D eigenvalue weighted by atomic mass is 9.95. The van der Waals surface area contributed by atoms with Gasteiger partial charge in [-0.15, -0.1) is 0 Å². The molecular formula is C17H22N2O3. The molecule has 1 aromatic carbocycles. The number of ether oxygens (including phenoxy) is 1. The number of methoxy groups -OCH3 is 1. The highest BCUT2D eigenvalue weighted by atomic mass is 16.5. The number of rotatable bonds is 4. The predicted octanol–water partition coefficient (Wildman–Crippen LogP) is 2.32. The molecule has 1 atom stereocenters. The summed E-state index contributed by atoms with van der Waals surface area (Å²) in [6.07, 6.45) is 6.07. The average molecular weight is 302 g/mol. The summed E-state index contributed by atoms with van der Waals surface area (Å²) in [5, 5.41) is 5.98. The molecule has 0 bridgehead atoms. The maximum Gasteiger partial charge on any atom is 0.252 e. The highest BCUT2D eigenvalue weighted by Crippen LogP contribution is 2.30. The predicted molar refractivity (Wildman–Crippen MR) is 82.8 cm³/mol. The summed E-state index contributed by atoms with van der Waals surface area (Å²) in [4.78, 5) is 24.2. The Kier molecular flexibility index (Phi) is 4.32. The molecule has 3 rings (SSSR count). The van der Waals surface area contributed by atoms with Crippen LogP contribution in [0.1, 0.15) is 60.5 Å². The van der Waals surface area contributed by atoms with Crippen LogP contribution in [0.5, 0.6) is 5.75 Å². The molecule has 1 aliphatic carbocycles. The summed E-state index contributed by atoms with van der Waals surface area (Å²) in [5.74, 6) is 0.534. The summed E-state index contributed by atoms with van der Waals surface area (Å²) in [7, 11) is 1.57. The van der Waals surface area contributed by atoms with Crippen molar-refractivity contribution in [3.8, 4) is 5.75 Å². The molecule has 1 unspecified atom stereocenters. The Morgan fingerprint density at radius 2 is 2.09 bits per heavy atom. The molecule has 0 radical (unpaired) electrons.